The number of hydrogen-bond donors (Lipinski definition) is 2. The number of anilines is 2. The predicted octanol–water partition coefficient (Wildman–Crippen LogP) is 3.63. The Bertz CT molecular complexity index is 938. The molecule has 0 aliphatic heterocycles. The summed E-state index contributed by atoms with van der Waals surface area (Å²) in [5, 5.41) is 7.76. The number of thiazole rings is 1. The molecule has 0 bridgehead atoms. The Kier molecular flexibility index (Phi) is 9.38. The van der Waals surface area contributed by atoms with Gasteiger partial charge in [0.15, 0.2) is 5.13 Å². The normalized spacial score (nSPS) is 14.0. The average molecular weight is 473 g/mol. The molecule has 2 aromatic rings. The number of aromatic nitrogens is 1. The molecule has 0 atom stereocenters. The Labute approximate surface area is 198 Å². The number of aryl methyl sites for hydroxylation is 1. The molecule has 1 aromatic heterocycles. The van der Waals surface area contributed by atoms with Gasteiger partial charge in [0.05, 0.1) is 18.7 Å². The standard InChI is InChI=1S/C24H32N4O4S/c1-17-8-10-19(11-9-17)25-21(29)14-20-16-33-24(26-20)27-22(30)15-28(12-13-32-2)23(31)18-6-4-3-5-7-18/h8-11,16,18H,3-7,12-15H2,1-2H3,(H,25,29)(H,26,27,30). The lowest BCUT2D eigenvalue weighted by Gasteiger charge is -2.28. The third kappa shape index (κ3) is 7.94. The van der Waals surface area contributed by atoms with E-state index >= 15 is 0 Å². The second-order valence-corrected chi connectivity index (χ2v) is 9.23. The van der Waals surface area contributed by atoms with Crippen LogP contribution in [-0.4, -0.2) is 54.4 Å². The number of hydrogen-bond acceptors (Lipinski definition) is 6. The number of carbonyl (C=O) groups is 3. The largest absolute Gasteiger partial charge is 0.383 e. The SMILES string of the molecule is COCCN(CC(=O)Nc1nc(CC(=O)Nc2ccc(C)cc2)cs1)C(=O)C1CCCCC1. The summed E-state index contributed by atoms with van der Waals surface area (Å²) < 4.78 is 5.12. The Morgan fingerprint density at radius 2 is 1.82 bits per heavy atom. The third-order valence-corrected chi connectivity index (χ3v) is 6.45. The van der Waals surface area contributed by atoms with Crippen molar-refractivity contribution in [2.45, 2.75) is 45.4 Å². The van der Waals surface area contributed by atoms with Gasteiger partial charge in [-0.1, -0.05) is 37.0 Å². The van der Waals surface area contributed by atoms with Gasteiger partial charge in [0, 0.05) is 30.6 Å². The molecule has 2 N–H and O–H groups in total. The highest BCUT2D eigenvalue weighted by Gasteiger charge is 2.27. The fraction of sp³-hybridized carbons (Fsp3) is 0.500. The monoisotopic (exact) mass is 472 g/mol. The van der Waals surface area contributed by atoms with Gasteiger partial charge in [-0.05, 0) is 31.9 Å². The first-order valence-electron chi connectivity index (χ1n) is 11.3. The van der Waals surface area contributed by atoms with Crippen LogP contribution >= 0.6 is 11.3 Å². The molecule has 8 nitrogen and oxygen atoms in total. The van der Waals surface area contributed by atoms with Crippen molar-refractivity contribution in [2.75, 3.05) is 37.4 Å². The molecule has 0 spiro atoms. The van der Waals surface area contributed by atoms with Gasteiger partial charge < -0.3 is 20.3 Å². The molecule has 1 saturated carbocycles. The summed E-state index contributed by atoms with van der Waals surface area (Å²) in [5.74, 6) is -0.470. The first-order valence-corrected chi connectivity index (χ1v) is 12.2. The van der Waals surface area contributed by atoms with Crippen LogP contribution in [0.3, 0.4) is 0 Å². The lowest BCUT2D eigenvalue weighted by atomic mass is 9.88. The van der Waals surface area contributed by atoms with E-state index in [9.17, 15) is 14.4 Å². The van der Waals surface area contributed by atoms with Crippen molar-refractivity contribution >= 4 is 39.9 Å². The van der Waals surface area contributed by atoms with Crippen LogP contribution in [0.1, 0.15) is 43.4 Å². The lowest BCUT2D eigenvalue weighted by molar-refractivity contribution is -0.139. The summed E-state index contributed by atoms with van der Waals surface area (Å²) in [4.78, 5) is 43.7. The third-order valence-electron chi connectivity index (χ3n) is 5.64. The number of carbonyl (C=O) groups excluding carboxylic acids is 3. The summed E-state index contributed by atoms with van der Waals surface area (Å²) in [6.45, 7) is 2.70. The van der Waals surface area contributed by atoms with E-state index in [4.69, 9.17) is 4.74 Å². The fourth-order valence-electron chi connectivity index (χ4n) is 3.86. The zero-order valence-corrected chi connectivity index (χ0v) is 20.1. The van der Waals surface area contributed by atoms with Gasteiger partial charge in [0.1, 0.15) is 6.54 Å². The lowest BCUT2D eigenvalue weighted by Crippen LogP contribution is -2.43. The summed E-state index contributed by atoms with van der Waals surface area (Å²) in [6, 6.07) is 7.57. The molecule has 0 saturated heterocycles. The fourth-order valence-corrected chi connectivity index (χ4v) is 4.59. The van der Waals surface area contributed by atoms with E-state index in [2.05, 4.69) is 15.6 Å². The Morgan fingerprint density at radius 1 is 1.09 bits per heavy atom. The van der Waals surface area contributed by atoms with Crippen LogP contribution in [0.15, 0.2) is 29.6 Å². The highest BCUT2D eigenvalue weighted by Crippen LogP contribution is 2.25. The van der Waals surface area contributed by atoms with Crippen LogP contribution in [0.5, 0.6) is 0 Å². The van der Waals surface area contributed by atoms with Crippen molar-refractivity contribution in [3.05, 3.63) is 40.9 Å². The van der Waals surface area contributed by atoms with Crippen molar-refractivity contribution in [2.24, 2.45) is 5.92 Å². The van der Waals surface area contributed by atoms with Crippen molar-refractivity contribution < 1.29 is 19.1 Å². The number of nitrogens with one attached hydrogen (secondary N) is 2. The molecule has 178 valence electrons. The van der Waals surface area contributed by atoms with Crippen molar-refractivity contribution in [1.82, 2.24) is 9.88 Å². The van der Waals surface area contributed by atoms with E-state index in [-0.39, 0.29) is 36.6 Å². The molecular formula is C24H32N4O4S. The minimum atomic E-state index is -0.305. The number of ether oxygens (including phenoxy) is 1. The smallest absolute Gasteiger partial charge is 0.245 e. The second-order valence-electron chi connectivity index (χ2n) is 8.37. The first-order chi connectivity index (χ1) is 15.9. The first kappa shape index (κ1) is 24.9. The zero-order valence-electron chi connectivity index (χ0n) is 19.3. The Morgan fingerprint density at radius 3 is 2.52 bits per heavy atom. The molecule has 1 aliphatic carbocycles. The van der Waals surface area contributed by atoms with Crippen molar-refractivity contribution in [1.29, 1.82) is 0 Å². The average Bonchev–Trinajstić information content (AvgIpc) is 3.24. The highest BCUT2D eigenvalue weighted by molar-refractivity contribution is 7.13. The van der Waals surface area contributed by atoms with Crippen LogP contribution in [-0.2, 0) is 25.5 Å². The molecule has 1 heterocycles. The van der Waals surface area contributed by atoms with Gasteiger partial charge in [0.25, 0.3) is 0 Å². The van der Waals surface area contributed by atoms with Gasteiger partial charge in [-0.3, -0.25) is 14.4 Å². The molecule has 0 unspecified atom stereocenters. The summed E-state index contributed by atoms with van der Waals surface area (Å²) >= 11 is 1.26. The van der Waals surface area contributed by atoms with Crippen LogP contribution in [0, 0.1) is 12.8 Å². The molecule has 1 fully saturated rings. The summed E-state index contributed by atoms with van der Waals surface area (Å²) in [6.07, 6.45) is 5.15. The number of benzene rings is 1. The van der Waals surface area contributed by atoms with Gasteiger partial charge >= 0.3 is 0 Å². The van der Waals surface area contributed by atoms with Crippen molar-refractivity contribution in [3.63, 3.8) is 0 Å². The summed E-state index contributed by atoms with van der Waals surface area (Å²) in [7, 11) is 1.58. The molecular weight excluding hydrogens is 440 g/mol. The molecule has 0 radical (unpaired) electrons. The van der Waals surface area contributed by atoms with E-state index in [1.54, 1.807) is 17.4 Å². The van der Waals surface area contributed by atoms with Crippen LogP contribution in [0.4, 0.5) is 10.8 Å². The minimum Gasteiger partial charge on any atom is -0.383 e. The topological polar surface area (TPSA) is 101 Å². The second kappa shape index (κ2) is 12.5. The van der Waals surface area contributed by atoms with E-state index < -0.39 is 0 Å². The zero-order chi connectivity index (χ0) is 23.6. The number of amides is 3. The molecule has 9 heteroatoms. The van der Waals surface area contributed by atoms with E-state index in [1.807, 2.05) is 31.2 Å². The van der Waals surface area contributed by atoms with Gasteiger partial charge in [-0.15, -0.1) is 11.3 Å². The maximum absolute atomic E-state index is 12.9. The van der Waals surface area contributed by atoms with E-state index in [0.29, 0.717) is 24.0 Å². The minimum absolute atomic E-state index is 0.0121. The van der Waals surface area contributed by atoms with Gasteiger partial charge in [-0.2, -0.15) is 0 Å². The van der Waals surface area contributed by atoms with Crippen LogP contribution in [0.25, 0.3) is 0 Å². The molecule has 3 rings (SSSR count). The van der Waals surface area contributed by atoms with Gasteiger partial charge in [0.2, 0.25) is 17.7 Å². The molecule has 1 aliphatic rings. The summed E-state index contributed by atoms with van der Waals surface area (Å²) in [5.41, 5.74) is 2.43. The highest BCUT2D eigenvalue weighted by atomic mass is 32.1. The molecule has 1 aromatic carbocycles. The predicted molar refractivity (Wildman–Crippen MR) is 129 cm³/mol. The molecule has 33 heavy (non-hydrogen) atoms. The van der Waals surface area contributed by atoms with Crippen LogP contribution < -0.4 is 10.6 Å². The molecule has 3 amide bonds. The quantitative estimate of drug-likeness (QED) is 0.550. The number of nitrogens with zero attached hydrogens (tertiary/aromatic N) is 2. The van der Waals surface area contributed by atoms with E-state index in [0.717, 1.165) is 43.4 Å². The number of rotatable bonds is 10. The van der Waals surface area contributed by atoms with E-state index in [1.165, 1.54) is 11.3 Å². The maximum Gasteiger partial charge on any atom is 0.245 e. The maximum atomic E-state index is 12.9. The Hall–Kier alpha value is -2.78. The number of methoxy groups -OCH3 is 1. The van der Waals surface area contributed by atoms with Crippen molar-refractivity contribution in [3.8, 4) is 0 Å². The Balaban J connectivity index is 1.51. The van der Waals surface area contributed by atoms with Gasteiger partial charge in [-0.25, -0.2) is 4.98 Å². The van der Waals surface area contributed by atoms with Crippen LogP contribution in [0.2, 0.25) is 0 Å².